The van der Waals surface area contributed by atoms with Gasteiger partial charge in [0.1, 0.15) is 12.3 Å². The Bertz CT molecular complexity index is 127. The van der Waals surface area contributed by atoms with Gasteiger partial charge in [-0.15, -0.1) is 0 Å². The van der Waals surface area contributed by atoms with E-state index in [-0.39, 0.29) is 11.3 Å². The molecule has 1 aliphatic rings. The minimum absolute atomic E-state index is 0.0607. The van der Waals surface area contributed by atoms with E-state index in [0.717, 1.165) is 0 Å². The van der Waals surface area contributed by atoms with Crippen molar-refractivity contribution in [3.8, 4) is 0 Å². The molecule has 0 radical (unpaired) electrons. The van der Waals surface area contributed by atoms with Crippen molar-refractivity contribution in [2.75, 3.05) is 0 Å². The molecule has 0 saturated heterocycles. The van der Waals surface area contributed by atoms with Crippen LogP contribution in [0.3, 0.4) is 0 Å². The molecule has 0 aliphatic heterocycles. The fraction of sp³-hybridized carbons (Fsp3) is 1.00. The predicted octanol–water partition coefficient (Wildman–Crippen LogP) is 3.12. The van der Waals surface area contributed by atoms with Gasteiger partial charge in [-0.2, -0.15) is 0 Å². The van der Waals surface area contributed by atoms with Gasteiger partial charge in [0.2, 0.25) is 0 Å². The lowest BCUT2D eigenvalue weighted by Crippen LogP contribution is -2.17. The molecular formula is C9H16F2. The number of alkyl halides is 2. The molecule has 0 bridgehead atoms. The van der Waals surface area contributed by atoms with Crippen molar-refractivity contribution in [3.05, 3.63) is 0 Å². The van der Waals surface area contributed by atoms with Crippen molar-refractivity contribution in [2.45, 2.75) is 46.0 Å². The summed E-state index contributed by atoms with van der Waals surface area (Å²) in [5.74, 6) is 0.215. The highest BCUT2D eigenvalue weighted by atomic mass is 19.2. The summed E-state index contributed by atoms with van der Waals surface area (Å²) >= 11 is 0. The van der Waals surface area contributed by atoms with Crippen LogP contribution < -0.4 is 0 Å². The number of rotatable bonds is 0. The molecule has 2 heteroatoms. The van der Waals surface area contributed by atoms with E-state index in [4.69, 9.17) is 0 Å². The Hall–Kier alpha value is -0.140. The topological polar surface area (TPSA) is 0 Å². The molecule has 0 nitrogen and oxygen atoms in total. The predicted molar refractivity (Wildman–Crippen MR) is 42.0 cm³/mol. The Morgan fingerprint density at radius 2 is 1.36 bits per heavy atom. The molecule has 1 fully saturated rings. The quantitative estimate of drug-likeness (QED) is 0.513. The molecule has 0 spiro atoms. The Morgan fingerprint density at radius 1 is 1.00 bits per heavy atom. The van der Waals surface area contributed by atoms with Crippen LogP contribution in [0.25, 0.3) is 0 Å². The fourth-order valence-electron chi connectivity index (χ4n) is 1.64. The van der Waals surface area contributed by atoms with E-state index in [9.17, 15) is 8.78 Å². The second-order valence-corrected chi connectivity index (χ2v) is 4.57. The second-order valence-electron chi connectivity index (χ2n) is 4.57. The second kappa shape index (κ2) is 2.72. The van der Waals surface area contributed by atoms with Crippen molar-refractivity contribution in [2.24, 2.45) is 11.3 Å². The zero-order valence-corrected chi connectivity index (χ0v) is 7.40. The van der Waals surface area contributed by atoms with Crippen molar-refractivity contribution in [1.82, 2.24) is 0 Å². The molecule has 1 rings (SSSR count). The van der Waals surface area contributed by atoms with E-state index in [0.29, 0.717) is 12.8 Å². The summed E-state index contributed by atoms with van der Waals surface area (Å²) in [5.41, 5.74) is 0.0607. The van der Waals surface area contributed by atoms with Crippen LogP contribution in [0.1, 0.15) is 33.6 Å². The van der Waals surface area contributed by atoms with Crippen LogP contribution >= 0.6 is 0 Å². The molecule has 1 saturated carbocycles. The zero-order valence-electron chi connectivity index (χ0n) is 7.40. The van der Waals surface area contributed by atoms with Gasteiger partial charge in [0.05, 0.1) is 0 Å². The first-order valence-electron chi connectivity index (χ1n) is 4.19. The monoisotopic (exact) mass is 162 g/mol. The van der Waals surface area contributed by atoms with Gasteiger partial charge in [0.25, 0.3) is 0 Å². The standard InChI is InChI=1S/C9H16F2/c1-9(2,3)6-4-7(10)8(11)5-6/h6-8H,4-5H2,1-3H3. The van der Waals surface area contributed by atoms with Crippen molar-refractivity contribution in [1.29, 1.82) is 0 Å². The fourth-order valence-corrected chi connectivity index (χ4v) is 1.64. The highest BCUT2D eigenvalue weighted by Gasteiger charge is 2.39. The van der Waals surface area contributed by atoms with E-state index in [1.54, 1.807) is 0 Å². The van der Waals surface area contributed by atoms with Crippen LogP contribution in [0.4, 0.5) is 8.78 Å². The zero-order chi connectivity index (χ0) is 8.65. The summed E-state index contributed by atoms with van der Waals surface area (Å²) in [5, 5.41) is 0. The summed E-state index contributed by atoms with van der Waals surface area (Å²) in [6.07, 6.45) is -1.60. The molecule has 0 aromatic carbocycles. The van der Waals surface area contributed by atoms with Gasteiger partial charge in [0, 0.05) is 0 Å². The molecule has 1 aliphatic carbocycles. The summed E-state index contributed by atoms with van der Waals surface area (Å²) in [6, 6.07) is 0. The Morgan fingerprint density at radius 3 is 1.55 bits per heavy atom. The van der Waals surface area contributed by atoms with Gasteiger partial charge in [-0.1, -0.05) is 20.8 Å². The van der Waals surface area contributed by atoms with Crippen LogP contribution in [-0.4, -0.2) is 12.3 Å². The van der Waals surface area contributed by atoms with Gasteiger partial charge >= 0.3 is 0 Å². The third-order valence-electron chi connectivity index (χ3n) is 2.64. The molecule has 0 aromatic heterocycles. The number of halogens is 2. The van der Waals surface area contributed by atoms with Crippen LogP contribution in [0, 0.1) is 11.3 Å². The third kappa shape index (κ3) is 1.91. The first-order valence-corrected chi connectivity index (χ1v) is 4.19. The van der Waals surface area contributed by atoms with E-state index in [2.05, 4.69) is 0 Å². The van der Waals surface area contributed by atoms with Gasteiger partial charge in [0.15, 0.2) is 0 Å². The molecule has 0 N–H and O–H groups in total. The Kier molecular flexibility index (Phi) is 2.22. The van der Waals surface area contributed by atoms with Crippen molar-refractivity contribution >= 4 is 0 Å². The van der Waals surface area contributed by atoms with Crippen LogP contribution in [0.5, 0.6) is 0 Å². The molecule has 11 heavy (non-hydrogen) atoms. The van der Waals surface area contributed by atoms with Gasteiger partial charge in [-0.05, 0) is 24.2 Å². The highest BCUT2D eigenvalue weighted by Crippen LogP contribution is 2.41. The van der Waals surface area contributed by atoms with E-state index < -0.39 is 12.3 Å². The van der Waals surface area contributed by atoms with Crippen LogP contribution in [-0.2, 0) is 0 Å². The van der Waals surface area contributed by atoms with Gasteiger partial charge in [-0.25, -0.2) is 8.78 Å². The largest absolute Gasteiger partial charge is 0.244 e. The normalized spacial score (nSPS) is 39.5. The van der Waals surface area contributed by atoms with E-state index in [1.165, 1.54) is 0 Å². The van der Waals surface area contributed by atoms with Crippen molar-refractivity contribution < 1.29 is 8.78 Å². The van der Waals surface area contributed by atoms with Gasteiger partial charge in [-0.3, -0.25) is 0 Å². The summed E-state index contributed by atoms with van der Waals surface area (Å²) in [7, 11) is 0. The number of hydrogen-bond acceptors (Lipinski definition) is 0. The maximum atomic E-state index is 12.7. The average Bonchev–Trinajstić information content (AvgIpc) is 2.11. The smallest absolute Gasteiger partial charge is 0.131 e. The lowest BCUT2D eigenvalue weighted by molar-refractivity contribution is 0.199. The molecular weight excluding hydrogens is 146 g/mol. The summed E-state index contributed by atoms with van der Waals surface area (Å²) < 4.78 is 25.4. The van der Waals surface area contributed by atoms with Gasteiger partial charge < -0.3 is 0 Å². The minimum atomic E-state index is -1.21. The lowest BCUT2D eigenvalue weighted by Gasteiger charge is -2.25. The number of hydrogen-bond donors (Lipinski definition) is 0. The maximum Gasteiger partial charge on any atom is 0.131 e. The molecule has 2 atom stereocenters. The van der Waals surface area contributed by atoms with Crippen LogP contribution in [0.15, 0.2) is 0 Å². The first kappa shape index (κ1) is 8.95. The van der Waals surface area contributed by atoms with E-state index in [1.807, 2.05) is 20.8 Å². The lowest BCUT2D eigenvalue weighted by atomic mass is 9.80. The van der Waals surface area contributed by atoms with Crippen molar-refractivity contribution in [3.63, 3.8) is 0 Å². The minimum Gasteiger partial charge on any atom is -0.244 e. The highest BCUT2D eigenvalue weighted by molar-refractivity contribution is 4.89. The van der Waals surface area contributed by atoms with E-state index >= 15 is 0 Å². The summed E-state index contributed by atoms with van der Waals surface area (Å²) in [6.45, 7) is 6.13. The SMILES string of the molecule is CC(C)(C)C1CC(F)C(F)C1. The molecule has 2 unspecified atom stereocenters. The Balaban J connectivity index is 2.54. The Labute approximate surface area is 67.0 Å². The first-order chi connectivity index (χ1) is 4.91. The molecule has 66 valence electrons. The maximum absolute atomic E-state index is 12.7. The molecule has 0 amide bonds. The van der Waals surface area contributed by atoms with Crippen LogP contribution in [0.2, 0.25) is 0 Å². The molecule has 0 aromatic rings. The third-order valence-corrected chi connectivity index (χ3v) is 2.64. The molecule has 0 heterocycles. The average molecular weight is 162 g/mol. The summed E-state index contributed by atoms with van der Waals surface area (Å²) in [4.78, 5) is 0.